The smallest absolute Gasteiger partial charge is 0.337 e. The minimum absolute atomic E-state index is 0.142. The zero-order valence-corrected chi connectivity index (χ0v) is 15.1. The van der Waals surface area contributed by atoms with Crippen LogP contribution in [-0.2, 0) is 4.74 Å². The Morgan fingerprint density at radius 3 is 2.19 bits per heavy atom. The van der Waals surface area contributed by atoms with Gasteiger partial charge in [0.1, 0.15) is 0 Å². The maximum Gasteiger partial charge on any atom is 0.337 e. The Morgan fingerprint density at radius 1 is 0.926 bits per heavy atom. The largest absolute Gasteiger partial charge is 0.465 e. The van der Waals surface area contributed by atoms with Crippen molar-refractivity contribution >= 4 is 17.4 Å². The third-order valence-electron chi connectivity index (χ3n) is 4.75. The van der Waals surface area contributed by atoms with Crippen LogP contribution < -0.4 is 5.01 Å². The zero-order valence-electron chi connectivity index (χ0n) is 15.1. The van der Waals surface area contributed by atoms with Gasteiger partial charge in [-0.2, -0.15) is 5.10 Å². The van der Waals surface area contributed by atoms with Crippen LogP contribution in [0.4, 0.5) is 5.69 Å². The molecule has 0 spiro atoms. The van der Waals surface area contributed by atoms with E-state index in [1.54, 1.807) is 12.1 Å². The standard InChI is InChI=1S/C23H20N2O2/c1-27-23(26)19-14-12-17(13-15-19)21-16-22(18-8-4-2-5-9-18)25(24-21)20-10-6-3-7-11-20/h2-15,22H,16H2,1H3. The average Bonchev–Trinajstić information content (AvgIpc) is 3.20. The molecular weight excluding hydrogens is 336 g/mol. The van der Waals surface area contributed by atoms with Crippen LogP contribution in [0.25, 0.3) is 0 Å². The molecule has 0 amide bonds. The number of hydrogen-bond donors (Lipinski definition) is 0. The van der Waals surface area contributed by atoms with Crippen molar-refractivity contribution in [2.75, 3.05) is 12.1 Å². The topological polar surface area (TPSA) is 41.9 Å². The van der Waals surface area contributed by atoms with Gasteiger partial charge in [0, 0.05) is 6.42 Å². The summed E-state index contributed by atoms with van der Waals surface area (Å²) in [6, 6.07) is 28.2. The summed E-state index contributed by atoms with van der Waals surface area (Å²) in [6.07, 6.45) is 0.802. The fourth-order valence-corrected chi connectivity index (χ4v) is 3.35. The lowest BCUT2D eigenvalue weighted by Gasteiger charge is -2.23. The lowest BCUT2D eigenvalue weighted by atomic mass is 9.97. The van der Waals surface area contributed by atoms with Crippen LogP contribution in [0.2, 0.25) is 0 Å². The summed E-state index contributed by atoms with van der Waals surface area (Å²) in [7, 11) is 1.39. The minimum Gasteiger partial charge on any atom is -0.465 e. The Kier molecular flexibility index (Phi) is 4.71. The normalized spacial score (nSPS) is 16.1. The summed E-state index contributed by atoms with van der Waals surface area (Å²) >= 11 is 0. The highest BCUT2D eigenvalue weighted by Gasteiger charge is 2.29. The maximum atomic E-state index is 11.7. The minimum atomic E-state index is -0.331. The lowest BCUT2D eigenvalue weighted by molar-refractivity contribution is 0.0600. The number of benzene rings is 3. The predicted octanol–water partition coefficient (Wildman–Crippen LogP) is 4.83. The van der Waals surface area contributed by atoms with E-state index in [1.807, 2.05) is 36.4 Å². The van der Waals surface area contributed by atoms with E-state index in [9.17, 15) is 4.79 Å². The number of hydrogen-bond acceptors (Lipinski definition) is 4. The number of carbonyl (C=O) groups is 1. The number of hydrazone groups is 1. The van der Waals surface area contributed by atoms with Crippen LogP contribution in [0.1, 0.15) is 33.9 Å². The van der Waals surface area contributed by atoms with Crippen molar-refractivity contribution in [1.82, 2.24) is 0 Å². The molecule has 0 bridgehead atoms. The fraction of sp³-hybridized carbons (Fsp3) is 0.130. The Bertz CT molecular complexity index is 951. The molecule has 1 heterocycles. The molecule has 3 aromatic carbocycles. The summed E-state index contributed by atoms with van der Waals surface area (Å²) in [4.78, 5) is 11.7. The molecule has 1 aliphatic rings. The van der Waals surface area contributed by atoms with Crippen LogP contribution >= 0.6 is 0 Å². The first kappa shape index (κ1) is 17.0. The first-order chi connectivity index (χ1) is 13.3. The van der Waals surface area contributed by atoms with E-state index in [0.29, 0.717) is 5.56 Å². The van der Waals surface area contributed by atoms with Crippen molar-refractivity contribution in [3.8, 4) is 0 Å². The van der Waals surface area contributed by atoms with Gasteiger partial charge in [0.25, 0.3) is 0 Å². The van der Waals surface area contributed by atoms with Crippen molar-refractivity contribution < 1.29 is 9.53 Å². The van der Waals surface area contributed by atoms with Crippen molar-refractivity contribution in [3.63, 3.8) is 0 Å². The first-order valence-corrected chi connectivity index (χ1v) is 8.92. The van der Waals surface area contributed by atoms with Gasteiger partial charge in [-0.3, -0.25) is 5.01 Å². The number of anilines is 1. The molecule has 0 N–H and O–H groups in total. The summed E-state index contributed by atoms with van der Waals surface area (Å²) in [6.45, 7) is 0. The highest BCUT2D eigenvalue weighted by atomic mass is 16.5. The van der Waals surface area contributed by atoms with Gasteiger partial charge < -0.3 is 4.74 Å². The predicted molar refractivity (Wildman–Crippen MR) is 107 cm³/mol. The fourth-order valence-electron chi connectivity index (χ4n) is 3.35. The van der Waals surface area contributed by atoms with E-state index in [-0.39, 0.29) is 12.0 Å². The van der Waals surface area contributed by atoms with E-state index >= 15 is 0 Å². The summed E-state index contributed by atoms with van der Waals surface area (Å²) in [5.41, 5.74) is 4.85. The van der Waals surface area contributed by atoms with Crippen LogP contribution in [0.3, 0.4) is 0 Å². The molecule has 1 aliphatic heterocycles. The number of esters is 1. The number of carbonyl (C=O) groups excluding carboxylic acids is 1. The zero-order chi connectivity index (χ0) is 18.6. The highest BCUT2D eigenvalue weighted by Crippen LogP contribution is 2.36. The van der Waals surface area contributed by atoms with Crippen molar-refractivity contribution in [2.24, 2.45) is 5.10 Å². The SMILES string of the molecule is COC(=O)c1ccc(C2=NN(c3ccccc3)C(c3ccccc3)C2)cc1. The van der Waals surface area contributed by atoms with Gasteiger partial charge in [-0.05, 0) is 35.4 Å². The van der Waals surface area contributed by atoms with Gasteiger partial charge in [-0.25, -0.2) is 4.79 Å². The second kappa shape index (κ2) is 7.46. The second-order valence-corrected chi connectivity index (χ2v) is 6.43. The average molecular weight is 356 g/mol. The maximum absolute atomic E-state index is 11.7. The van der Waals surface area contributed by atoms with Gasteiger partial charge in [0.15, 0.2) is 0 Å². The molecule has 134 valence electrons. The van der Waals surface area contributed by atoms with Gasteiger partial charge >= 0.3 is 5.97 Å². The van der Waals surface area contributed by atoms with E-state index in [0.717, 1.165) is 23.4 Å². The second-order valence-electron chi connectivity index (χ2n) is 6.43. The lowest BCUT2D eigenvalue weighted by Crippen LogP contribution is -2.18. The van der Waals surface area contributed by atoms with Crippen LogP contribution in [0.15, 0.2) is 90.0 Å². The van der Waals surface area contributed by atoms with Crippen LogP contribution in [0, 0.1) is 0 Å². The molecule has 0 aromatic heterocycles. The third kappa shape index (κ3) is 3.47. The van der Waals surface area contributed by atoms with Gasteiger partial charge in [-0.1, -0.05) is 60.7 Å². The quantitative estimate of drug-likeness (QED) is 0.629. The molecule has 0 saturated carbocycles. The molecule has 0 radical (unpaired) electrons. The molecule has 0 saturated heterocycles. The number of para-hydroxylation sites is 1. The van der Waals surface area contributed by atoms with E-state index < -0.39 is 0 Å². The summed E-state index contributed by atoms with van der Waals surface area (Å²) < 4.78 is 4.77. The molecule has 0 aliphatic carbocycles. The van der Waals surface area contributed by atoms with Crippen LogP contribution in [0.5, 0.6) is 0 Å². The van der Waals surface area contributed by atoms with E-state index in [1.165, 1.54) is 12.7 Å². The van der Waals surface area contributed by atoms with Gasteiger partial charge in [-0.15, -0.1) is 0 Å². The molecule has 4 nitrogen and oxygen atoms in total. The van der Waals surface area contributed by atoms with Crippen molar-refractivity contribution in [3.05, 3.63) is 102 Å². The third-order valence-corrected chi connectivity index (χ3v) is 4.75. The Balaban J connectivity index is 1.68. The van der Waals surface area contributed by atoms with Gasteiger partial charge in [0.2, 0.25) is 0 Å². The Morgan fingerprint density at radius 2 is 1.56 bits per heavy atom. The van der Waals surface area contributed by atoms with Crippen molar-refractivity contribution in [1.29, 1.82) is 0 Å². The first-order valence-electron chi connectivity index (χ1n) is 8.92. The molecule has 3 aromatic rings. The van der Waals surface area contributed by atoms with Gasteiger partial charge in [0.05, 0.1) is 30.1 Å². The molecule has 0 fully saturated rings. The molecule has 4 heteroatoms. The molecule has 1 atom stereocenters. The number of methoxy groups -OCH3 is 1. The van der Waals surface area contributed by atoms with E-state index in [4.69, 9.17) is 9.84 Å². The Hall–Kier alpha value is -3.40. The number of ether oxygens (including phenoxy) is 1. The highest BCUT2D eigenvalue weighted by molar-refractivity contribution is 6.04. The molecular formula is C23H20N2O2. The monoisotopic (exact) mass is 356 g/mol. The van der Waals surface area contributed by atoms with Crippen molar-refractivity contribution in [2.45, 2.75) is 12.5 Å². The number of nitrogens with zero attached hydrogens (tertiary/aromatic N) is 2. The summed E-state index contributed by atoms with van der Waals surface area (Å²) in [5, 5.41) is 7.00. The van der Waals surface area contributed by atoms with E-state index in [2.05, 4.69) is 41.4 Å². The Labute approximate surface area is 158 Å². The molecule has 4 rings (SSSR count). The molecule has 1 unspecified atom stereocenters. The summed E-state index contributed by atoms with van der Waals surface area (Å²) in [5.74, 6) is -0.331. The number of rotatable bonds is 4. The molecule has 27 heavy (non-hydrogen) atoms. The van der Waals surface area contributed by atoms with Crippen LogP contribution in [-0.4, -0.2) is 18.8 Å².